The van der Waals surface area contributed by atoms with Crippen molar-refractivity contribution in [1.82, 2.24) is 0 Å². The SMILES string of the molecule is CCc1ccc2c(=O)c3ccccc3oc2c1. The molecule has 2 aromatic carbocycles. The van der Waals surface area contributed by atoms with Gasteiger partial charge in [-0.1, -0.05) is 25.1 Å². The fourth-order valence-electron chi connectivity index (χ4n) is 2.07. The molecule has 3 rings (SSSR count). The van der Waals surface area contributed by atoms with Crippen LogP contribution in [0.2, 0.25) is 0 Å². The van der Waals surface area contributed by atoms with Crippen molar-refractivity contribution in [2.45, 2.75) is 13.3 Å². The monoisotopic (exact) mass is 224 g/mol. The zero-order chi connectivity index (χ0) is 11.8. The molecule has 0 bridgehead atoms. The number of aryl methyl sites for hydroxylation is 1. The lowest BCUT2D eigenvalue weighted by Gasteiger charge is -2.02. The summed E-state index contributed by atoms with van der Waals surface area (Å²) in [5.74, 6) is 0. The summed E-state index contributed by atoms with van der Waals surface area (Å²) in [4.78, 5) is 12.2. The Bertz CT molecular complexity index is 754. The fourth-order valence-corrected chi connectivity index (χ4v) is 2.07. The van der Waals surface area contributed by atoms with Crippen molar-refractivity contribution in [2.75, 3.05) is 0 Å². The highest BCUT2D eigenvalue weighted by molar-refractivity contribution is 5.89. The van der Waals surface area contributed by atoms with Crippen molar-refractivity contribution >= 4 is 21.9 Å². The molecular formula is C15H12O2. The molecule has 0 N–H and O–H groups in total. The summed E-state index contributed by atoms with van der Waals surface area (Å²) in [5, 5.41) is 1.30. The second-order valence-corrected chi connectivity index (χ2v) is 4.11. The van der Waals surface area contributed by atoms with Crippen LogP contribution in [-0.4, -0.2) is 0 Å². The normalized spacial score (nSPS) is 11.1. The van der Waals surface area contributed by atoms with E-state index in [4.69, 9.17) is 4.42 Å². The molecule has 2 nitrogen and oxygen atoms in total. The van der Waals surface area contributed by atoms with Crippen molar-refractivity contribution in [3.8, 4) is 0 Å². The average Bonchev–Trinajstić information content (AvgIpc) is 2.38. The molecule has 1 aromatic heterocycles. The predicted octanol–water partition coefficient (Wildman–Crippen LogP) is 3.51. The Morgan fingerprint density at radius 2 is 1.76 bits per heavy atom. The molecular weight excluding hydrogens is 212 g/mol. The third kappa shape index (κ3) is 1.53. The minimum atomic E-state index is 0.0458. The Morgan fingerprint density at radius 1 is 1.00 bits per heavy atom. The van der Waals surface area contributed by atoms with E-state index in [2.05, 4.69) is 6.92 Å². The topological polar surface area (TPSA) is 30.2 Å². The second-order valence-electron chi connectivity index (χ2n) is 4.11. The Labute approximate surface area is 98.5 Å². The number of hydrogen-bond acceptors (Lipinski definition) is 2. The highest BCUT2D eigenvalue weighted by Gasteiger charge is 2.06. The molecule has 0 unspecified atom stereocenters. The van der Waals surface area contributed by atoms with Gasteiger partial charge in [-0.3, -0.25) is 4.79 Å². The fraction of sp³-hybridized carbons (Fsp3) is 0.133. The molecule has 0 saturated carbocycles. The van der Waals surface area contributed by atoms with Gasteiger partial charge >= 0.3 is 0 Å². The van der Waals surface area contributed by atoms with Crippen LogP contribution in [0.1, 0.15) is 12.5 Å². The molecule has 0 saturated heterocycles. The zero-order valence-electron chi connectivity index (χ0n) is 9.57. The van der Waals surface area contributed by atoms with Crippen LogP contribution in [0.4, 0.5) is 0 Å². The maximum atomic E-state index is 12.2. The van der Waals surface area contributed by atoms with Gasteiger partial charge in [-0.05, 0) is 36.2 Å². The molecule has 2 heteroatoms. The number of benzene rings is 2. The predicted molar refractivity (Wildman–Crippen MR) is 69.4 cm³/mol. The van der Waals surface area contributed by atoms with E-state index >= 15 is 0 Å². The first-order chi connectivity index (χ1) is 8.29. The van der Waals surface area contributed by atoms with Gasteiger partial charge in [0.15, 0.2) is 0 Å². The van der Waals surface area contributed by atoms with Crippen molar-refractivity contribution in [2.24, 2.45) is 0 Å². The minimum Gasteiger partial charge on any atom is -0.456 e. The number of para-hydroxylation sites is 1. The summed E-state index contributed by atoms with van der Waals surface area (Å²) in [7, 11) is 0. The van der Waals surface area contributed by atoms with Crippen LogP contribution in [0.15, 0.2) is 51.7 Å². The number of rotatable bonds is 1. The lowest BCUT2D eigenvalue weighted by molar-refractivity contribution is 0.659. The first-order valence-electron chi connectivity index (χ1n) is 5.74. The summed E-state index contributed by atoms with van der Waals surface area (Å²) < 4.78 is 5.77. The van der Waals surface area contributed by atoms with E-state index in [1.807, 2.05) is 36.4 Å². The van der Waals surface area contributed by atoms with Gasteiger partial charge in [-0.25, -0.2) is 0 Å². The van der Waals surface area contributed by atoms with Crippen LogP contribution in [-0.2, 0) is 6.42 Å². The molecule has 1 heterocycles. The van der Waals surface area contributed by atoms with Crippen LogP contribution < -0.4 is 5.43 Å². The third-order valence-electron chi connectivity index (χ3n) is 3.05. The molecule has 0 fully saturated rings. The number of hydrogen-bond donors (Lipinski definition) is 0. The summed E-state index contributed by atoms with van der Waals surface area (Å²) in [6.45, 7) is 2.08. The summed E-state index contributed by atoms with van der Waals surface area (Å²) in [6.07, 6.45) is 0.937. The standard InChI is InChI=1S/C15H12O2/c1-2-10-7-8-12-14(9-10)17-13-6-4-3-5-11(13)15(12)16/h3-9H,2H2,1H3. The minimum absolute atomic E-state index is 0.0458. The van der Waals surface area contributed by atoms with E-state index in [-0.39, 0.29) is 5.43 Å². The lowest BCUT2D eigenvalue weighted by Crippen LogP contribution is -2.01. The summed E-state index contributed by atoms with van der Waals surface area (Å²) in [5.41, 5.74) is 2.55. The average molecular weight is 224 g/mol. The van der Waals surface area contributed by atoms with Crippen molar-refractivity contribution in [1.29, 1.82) is 0 Å². The molecule has 3 aromatic rings. The molecule has 0 aliphatic carbocycles. The van der Waals surface area contributed by atoms with Gasteiger partial charge in [0.25, 0.3) is 0 Å². The van der Waals surface area contributed by atoms with Crippen molar-refractivity contribution in [3.05, 3.63) is 58.3 Å². The van der Waals surface area contributed by atoms with Crippen LogP contribution in [0.3, 0.4) is 0 Å². The largest absolute Gasteiger partial charge is 0.456 e. The first-order valence-corrected chi connectivity index (χ1v) is 5.74. The van der Waals surface area contributed by atoms with Gasteiger partial charge in [-0.2, -0.15) is 0 Å². The number of fused-ring (bicyclic) bond motifs is 2. The lowest BCUT2D eigenvalue weighted by atomic mass is 10.1. The summed E-state index contributed by atoms with van der Waals surface area (Å²) in [6, 6.07) is 13.1. The maximum absolute atomic E-state index is 12.2. The van der Waals surface area contributed by atoms with E-state index in [9.17, 15) is 4.79 Å². The van der Waals surface area contributed by atoms with Gasteiger partial charge in [0.1, 0.15) is 11.2 Å². The first kappa shape index (κ1) is 10.1. The zero-order valence-corrected chi connectivity index (χ0v) is 9.57. The molecule has 0 aliphatic heterocycles. The molecule has 0 spiro atoms. The van der Waals surface area contributed by atoms with Crippen LogP contribution in [0.5, 0.6) is 0 Å². The second kappa shape index (κ2) is 3.74. The Hall–Kier alpha value is -2.09. The van der Waals surface area contributed by atoms with Crippen molar-refractivity contribution in [3.63, 3.8) is 0 Å². The third-order valence-corrected chi connectivity index (χ3v) is 3.05. The van der Waals surface area contributed by atoms with E-state index < -0.39 is 0 Å². The molecule has 0 amide bonds. The molecule has 84 valence electrons. The van der Waals surface area contributed by atoms with Gasteiger partial charge in [0, 0.05) is 0 Å². The van der Waals surface area contributed by atoms with Crippen molar-refractivity contribution < 1.29 is 4.42 Å². The Balaban J connectivity index is 2.50. The van der Waals surface area contributed by atoms with E-state index in [0.717, 1.165) is 6.42 Å². The van der Waals surface area contributed by atoms with Gasteiger partial charge in [-0.15, -0.1) is 0 Å². The molecule has 0 radical (unpaired) electrons. The Morgan fingerprint density at radius 3 is 2.59 bits per heavy atom. The van der Waals surface area contributed by atoms with Gasteiger partial charge in [0.05, 0.1) is 10.8 Å². The highest BCUT2D eigenvalue weighted by Crippen LogP contribution is 2.19. The van der Waals surface area contributed by atoms with E-state index in [1.165, 1.54) is 5.56 Å². The highest BCUT2D eigenvalue weighted by atomic mass is 16.3. The Kier molecular flexibility index (Phi) is 2.22. The van der Waals surface area contributed by atoms with Crippen LogP contribution >= 0.6 is 0 Å². The molecule has 0 aliphatic rings. The molecule has 17 heavy (non-hydrogen) atoms. The summed E-state index contributed by atoms with van der Waals surface area (Å²) >= 11 is 0. The van der Waals surface area contributed by atoms with Gasteiger partial charge < -0.3 is 4.42 Å². The smallest absolute Gasteiger partial charge is 0.200 e. The van der Waals surface area contributed by atoms with E-state index in [1.54, 1.807) is 6.07 Å². The van der Waals surface area contributed by atoms with Gasteiger partial charge in [0.2, 0.25) is 5.43 Å². The van der Waals surface area contributed by atoms with Crippen LogP contribution in [0, 0.1) is 0 Å². The van der Waals surface area contributed by atoms with Crippen LogP contribution in [0.25, 0.3) is 21.9 Å². The van der Waals surface area contributed by atoms with E-state index in [0.29, 0.717) is 21.9 Å². The molecule has 0 atom stereocenters. The quantitative estimate of drug-likeness (QED) is 0.592. The maximum Gasteiger partial charge on any atom is 0.200 e.